The minimum absolute atomic E-state index is 0.158. The van der Waals surface area contributed by atoms with E-state index < -0.39 is 29.2 Å². The third kappa shape index (κ3) is 8.03. The van der Waals surface area contributed by atoms with Crippen LogP contribution in [0.5, 0.6) is 5.75 Å². The summed E-state index contributed by atoms with van der Waals surface area (Å²) in [5.74, 6) is 2.82. The molecule has 1 aromatic carbocycles. The van der Waals surface area contributed by atoms with Crippen LogP contribution in [0.3, 0.4) is 0 Å². The fourth-order valence-corrected chi connectivity index (χ4v) is 2.93. The second-order valence-electron chi connectivity index (χ2n) is 6.34. The largest absolute Gasteiger partial charge is 0.490 e. The second kappa shape index (κ2) is 12.7. The molecule has 1 fully saturated rings. The van der Waals surface area contributed by atoms with Crippen molar-refractivity contribution in [1.82, 2.24) is 4.98 Å². The molecule has 3 rings (SSSR count). The summed E-state index contributed by atoms with van der Waals surface area (Å²) in [4.78, 5) is 3.59. The topological polar surface area (TPSA) is 69.4 Å². The molecule has 0 unspecified atom stereocenters. The first kappa shape index (κ1) is 26.1. The monoisotopic (exact) mass is 445 g/mol. The van der Waals surface area contributed by atoms with Gasteiger partial charge in [-0.3, -0.25) is 0 Å². The zero-order chi connectivity index (χ0) is 23.4. The highest BCUT2D eigenvalue weighted by Crippen LogP contribution is 2.41. The predicted molar refractivity (Wildman–Crippen MR) is 107 cm³/mol. The molecule has 0 radical (unpaired) electrons. The molecule has 31 heavy (non-hydrogen) atoms. The summed E-state index contributed by atoms with van der Waals surface area (Å²) in [6, 6.07) is 6.26. The van der Waals surface area contributed by atoms with Crippen LogP contribution in [-0.4, -0.2) is 24.3 Å². The van der Waals surface area contributed by atoms with Crippen LogP contribution in [0.4, 0.5) is 27.8 Å². The molecule has 10 heteroatoms. The fraction of sp³-hybridized carbons (Fsp3) is 0.381. The van der Waals surface area contributed by atoms with Crippen LogP contribution in [0.15, 0.2) is 36.5 Å². The zero-order valence-corrected chi connectivity index (χ0v) is 16.8. The number of hydrazine groups is 1. The van der Waals surface area contributed by atoms with Crippen molar-refractivity contribution in [2.45, 2.75) is 44.1 Å². The fourth-order valence-electron chi connectivity index (χ4n) is 2.93. The first-order valence-electron chi connectivity index (χ1n) is 9.21. The summed E-state index contributed by atoms with van der Waals surface area (Å²) in [6.07, 6.45) is 7.41. The number of hydrogen-bond donors (Lipinski definition) is 2. The number of terminal acetylenes is 1. The van der Waals surface area contributed by atoms with Gasteiger partial charge in [-0.15, -0.1) is 12.8 Å². The van der Waals surface area contributed by atoms with Crippen LogP contribution >= 0.6 is 0 Å². The van der Waals surface area contributed by atoms with Gasteiger partial charge in [-0.25, -0.2) is 19.6 Å². The SMILES string of the molecule is C#C.COC1CCC(Oc2ccnc(NN)c2C(F)(F)F)CC1.Fc1ccccc1F. The van der Waals surface area contributed by atoms with Gasteiger partial charge >= 0.3 is 6.18 Å². The Bertz CT molecular complexity index is 801. The molecule has 0 spiro atoms. The Kier molecular flexibility index (Phi) is 10.7. The molecule has 3 N–H and O–H groups in total. The molecule has 1 saturated carbocycles. The summed E-state index contributed by atoms with van der Waals surface area (Å²) in [7, 11) is 1.63. The van der Waals surface area contributed by atoms with Crippen molar-refractivity contribution in [2.75, 3.05) is 12.5 Å². The number of nitrogens with zero attached hydrogens (tertiary/aromatic N) is 1. The molecule has 0 atom stereocenters. The number of hydrogen-bond acceptors (Lipinski definition) is 5. The van der Waals surface area contributed by atoms with Gasteiger partial charge in [0.2, 0.25) is 0 Å². The molecule has 0 saturated heterocycles. The molecule has 1 aromatic heterocycles. The first-order valence-corrected chi connectivity index (χ1v) is 9.21. The van der Waals surface area contributed by atoms with Gasteiger partial charge < -0.3 is 14.9 Å². The maximum atomic E-state index is 13.1. The lowest BCUT2D eigenvalue weighted by molar-refractivity contribution is -0.139. The highest BCUT2D eigenvalue weighted by molar-refractivity contribution is 5.52. The van der Waals surface area contributed by atoms with Crippen molar-refractivity contribution in [3.8, 4) is 18.6 Å². The van der Waals surface area contributed by atoms with Crippen molar-refractivity contribution in [2.24, 2.45) is 5.84 Å². The van der Waals surface area contributed by atoms with E-state index >= 15 is 0 Å². The quantitative estimate of drug-likeness (QED) is 0.302. The average Bonchev–Trinajstić information content (AvgIpc) is 2.77. The molecule has 0 bridgehead atoms. The molecular weight excluding hydrogens is 421 g/mol. The van der Waals surface area contributed by atoms with Crippen molar-refractivity contribution in [3.05, 3.63) is 53.7 Å². The number of pyridine rings is 1. The second-order valence-corrected chi connectivity index (χ2v) is 6.34. The molecule has 2 aromatic rings. The smallest absolute Gasteiger partial charge is 0.423 e. The molecule has 0 amide bonds. The summed E-state index contributed by atoms with van der Waals surface area (Å²) >= 11 is 0. The summed E-state index contributed by atoms with van der Waals surface area (Å²) < 4.78 is 74.1. The Morgan fingerprint density at radius 3 is 1.94 bits per heavy atom. The van der Waals surface area contributed by atoms with Gasteiger partial charge in [0.05, 0.1) is 12.2 Å². The van der Waals surface area contributed by atoms with Crippen molar-refractivity contribution in [1.29, 1.82) is 0 Å². The lowest BCUT2D eigenvalue weighted by atomic mass is 9.95. The number of benzene rings is 1. The minimum Gasteiger partial charge on any atom is -0.490 e. The van der Waals surface area contributed by atoms with Crippen molar-refractivity contribution >= 4 is 5.82 Å². The average molecular weight is 445 g/mol. The van der Waals surface area contributed by atoms with E-state index in [2.05, 4.69) is 17.8 Å². The summed E-state index contributed by atoms with van der Waals surface area (Å²) in [5.41, 5.74) is 0.994. The van der Waals surface area contributed by atoms with Crippen LogP contribution in [0.1, 0.15) is 31.2 Å². The summed E-state index contributed by atoms with van der Waals surface area (Å²) in [5, 5.41) is 0. The Balaban J connectivity index is 0.000000400. The number of ether oxygens (including phenoxy) is 2. The van der Waals surface area contributed by atoms with E-state index in [0.717, 1.165) is 25.0 Å². The zero-order valence-electron chi connectivity index (χ0n) is 16.8. The standard InChI is InChI=1S/C13H18F3N3O2.C6H4F2.C2H2/c1-20-8-2-4-9(5-3-8)21-10-6-7-18-12(19-17)11(10)13(14,15)16;7-5-3-1-2-4-6(5)8;1-2/h6-9H,2-5,17H2,1H3,(H,18,19);1-4H;1-2H. The maximum Gasteiger partial charge on any atom is 0.423 e. The number of aromatic nitrogens is 1. The van der Waals surface area contributed by atoms with E-state index in [9.17, 15) is 22.0 Å². The molecular formula is C21H24F5N3O2. The minimum atomic E-state index is -4.59. The van der Waals surface area contributed by atoms with Gasteiger partial charge in [0.1, 0.15) is 11.3 Å². The van der Waals surface area contributed by atoms with Gasteiger partial charge in [-0.2, -0.15) is 13.2 Å². The van der Waals surface area contributed by atoms with E-state index in [1.54, 1.807) is 7.11 Å². The van der Waals surface area contributed by atoms with Crippen LogP contribution in [-0.2, 0) is 10.9 Å². The van der Waals surface area contributed by atoms with Crippen molar-refractivity contribution < 1.29 is 31.4 Å². The van der Waals surface area contributed by atoms with Gasteiger partial charge in [-0.05, 0) is 43.9 Å². The van der Waals surface area contributed by atoms with Gasteiger partial charge in [0.15, 0.2) is 17.5 Å². The molecule has 1 aliphatic carbocycles. The molecule has 1 heterocycles. The van der Waals surface area contributed by atoms with E-state index in [1.807, 2.05) is 5.43 Å². The molecule has 5 nitrogen and oxygen atoms in total. The number of halogens is 5. The van der Waals surface area contributed by atoms with Crippen LogP contribution in [0.25, 0.3) is 0 Å². The Morgan fingerprint density at radius 1 is 1.00 bits per heavy atom. The number of nitrogen functional groups attached to an aromatic ring is 1. The highest BCUT2D eigenvalue weighted by Gasteiger charge is 2.39. The number of methoxy groups -OCH3 is 1. The number of nitrogens with one attached hydrogen (secondary N) is 1. The number of rotatable bonds is 4. The maximum absolute atomic E-state index is 13.1. The predicted octanol–water partition coefficient (Wildman–Crippen LogP) is 4.94. The number of alkyl halides is 3. The Labute approximate surface area is 177 Å². The molecule has 0 aliphatic heterocycles. The third-order valence-electron chi connectivity index (χ3n) is 4.41. The lowest BCUT2D eigenvalue weighted by Gasteiger charge is -2.29. The van der Waals surface area contributed by atoms with Crippen LogP contribution < -0.4 is 16.0 Å². The van der Waals surface area contributed by atoms with Gasteiger partial charge in [0, 0.05) is 13.3 Å². The Morgan fingerprint density at radius 2 is 1.52 bits per heavy atom. The number of anilines is 1. The molecule has 170 valence electrons. The van der Waals surface area contributed by atoms with E-state index in [-0.39, 0.29) is 18.0 Å². The van der Waals surface area contributed by atoms with Crippen LogP contribution in [0, 0.1) is 24.5 Å². The highest BCUT2D eigenvalue weighted by atomic mass is 19.4. The van der Waals surface area contributed by atoms with Crippen LogP contribution in [0.2, 0.25) is 0 Å². The Hall–Kier alpha value is -2.90. The first-order chi connectivity index (χ1) is 14.8. The third-order valence-corrected chi connectivity index (χ3v) is 4.41. The van der Waals surface area contributed by atoms with E-state index in [0.29, 0.717) is 12.8 Å². The summed E-state index contributed by atoms with van der Waals surface area (Å²) in [6.45, 7) is 0. The normalized spacial score (nSPS) is 18.0. The number of nitrogens with two attached hydrogens (primary N) is 1. The van der Waals surface area contributed by atoms with Crippen molar-refractivity contribution in [3.63, 3.8) is 0 Å². The van der Waals surface area contributed by atoms with Gasteiger partial charge in [-0.1, -0.05) is 12.1 Å². The molecule has 1 aliphatic rings. The van der Waals surface area contributed by atoms with E-state index in [4.69, 9.17) is 15.3 Å². The van der Waals surface area contributed by atoms with Gasteiger partial charge in [0.25, 0.3) is 0 Å². The van der Waals surface area contributed by atoms with E-state index in [1.165, 1.54) is 24.4 Å². The lowest BCUT2D eigenvalue weighted by Crippen LogP contribution is -2.28.